The molecule has 8 heteroatoms. The van der Waals surface area contributed by atoms with E-state index in [0.717, 1.165) is 5.56 Å². The Kier molecular flexibility index (Phi) is 5.74. The van der Waals surface area contributed by atoms with Crippen LogP contribution in [0.15, 0.2) is 24.3 Å². The maximum Gasteiger partial charge on any atom is 0.410 e. The lowest BCUT2D eigenvalue weighted by molar-refractivity contribution is -0.000613. The third-order valence-electron chi connectivity index (χ3n) is 4.00. The standard InChI is InChI=1S/C18H24N2O6/c1-18(2,3)26-17(24)20-10-9-19(16(22)23)11-14(20)12-5-7-13(8-6-12)15(21)25-4/h5-8,14H,9-11H2,1-4H3,(H,22,23). The number of benzene rings is 1. The lowest BCUT2D eigenvalue weighted by Gasteiger charge is -2.40. The summed E-state index contributed by atoms with van der Waals surface area (Å²) >= 11 is 0. The van der Waals surface area contributed by atoms with E-state index in [1.54, 1.807) is 45.0 Å². The first-order chi connectivity index (χ1) is 12.1. The molecule has 1 aromatic carbocycles. The molecule has 0 aliphatic carbocycles. The van der Waals surface area contributed by atoms with Crippen molar-refractivity contribution in [1.29, 1.82) is 0 Å². The number of ether oxygens (including phenoxy) is 2. The summed E-state index contributed by atoms with van der Waals surface area (Å²) in [6, 6.07) is 6.07. The number of carboxylic acid groups (broad SMARTS) is 1. The molecule has 1 heterocycles. The van der Waals surface area contributed by atoms with Gasteiger partial charge in [-0.2, -0.15) is 0 Å². The second-order valence-electron chi connectivity index (χ2n) is 7.03. The summed E-state index contributed by atoms with van der Waals surface area (Å²) in [4.78, 5) is 38.3. The van der Waals surface area contributed by atoms with Crippen LogP contribution in [0.4, 0.5) is 9.59 Å². The normalized spacial score (nSPS) is 17.6. The minimum absolute atomic E-state index is 0.131. The third kappa shape index (κ3) is 4.65. The molecular formula is C18H24N2O6. The Labute approximate surface area is 152 Å². The first-order valence-corrected chi connectivity index (χ1v) is 8.28. The summed E-state index contributed by atoms with van der Waals surface area (Å²) in [5.41, 5.74) is 0.445. The number of carbonyl (C=O) groups is 3. The van der Waals surface area contributed by atoms with E-state index in [-0.39, 0.29) is 19.6 Å². The quantitative estimate of drug-likeness (QED) is 0.811. The van der Waals surface area contributed by atoms with Crippen LogP contribution in [0.2, 0.25) is 0 Å². The highest BCUT2D eigenvalue weighted by molar-refractivity contribution is 5.89. The third-order valence-corrected chi connectivity index (χ3v) is 4.00. The molecule has 1 aliphatic rings. The van der Waals surface area contributed by atoms with E-state index >= 15 is 0 Å². The molecule has 0 aromatic heterocycles. The fourth-order valence-corrected chi connectivity index (χ4v) is 2.74. The van der Waals surface area contributed by atoms with Crippen molar-refractivity contribution in [3.63, 3.8) is 0 Å². The number of piperazine rings is 1. The zero-order valence-corrected chi connectivity index (χ0v) is 15.4. The van der Waals surface area contributed by atoms with Gasteiger partial charge in [-0.25, -0.2) is 14.4 Å². The molecule has 142 valence electrons. The predicted octanol–water partition coefficient (Wildman–Crippen LogP) is 2.75. The molecule has 0 radical (unpaired) electrons. The first-order valence-electron chi connectivity index (χ1n) is 8.28. The van der Waals surface area contributed by atoms with Crippen molar-refractivity contribution in [3.8, 4) is 0 Å². The highest BCUT2D eigenvalue weighted by Crippen LogP contribution is 2.28. The van der Waals surface area contributed by atoms with Crippen LogP contribution in [0.25, 0.3) is 0 Å². The fraction of sp³-hybridized carbons (Fsp3) is 0.500. The Morgan fingerprint density at radius 2 is 1.73 bits per heavy atom. The van der Waals surface area contributed by atoms with Crippen LogP contribution in [0, 0.1) is 0 Å². The number of esters is 1. The zero-order chi connectivity index (χ0) is 19.5. The zero-order valence-electron chi connectivity index (χ0n) is 15.4. The minimum atomic E-state index is -1.04. The molecule has 1 aliphatic heterocycles. The van der Waals surface area contributed by atoms with Crippen molar-refractivity contribution in [1.82, 2.24) is 9.80 Å². The van der Waals surface area contributed by atoms with Crippen LogP contribution in [0.3, 0.4) is 0 Å². The summed E-state index contributed by atoms with van der Waals surface area (Å²) in [5, 5.41) is 9.29. The van der Waals surface area contributed by atoms with Gasteiger partial charge in [0.2, 0.25) is 0 Å². The van der Waals surface area contributed by atoms with Crippen molar-refractivity contribution in [2.45, 2.75) is 32.4 Å². The van der Waals surface area contributed by atoms with Gasteiger partial charge >= 0.3 is 18.2 Å². The second-order valence-corrected chi connectivity index (χ2v) is 7.03. The van der Waals surface area contributed by atoms with E-state index in [1.807, 2.05) is 0 Å². The molecule has 0 spiro atoms. The van der Waals surface area contributed by atoms with Gasteiger partial charge in [0.25, 0.3) is 0 Å². The van der Waals surface area contributed by atoms with Crippen molar-refractivity contribution >= 4 is 18.2 Å². The molecule has 0 bridgehead atoms. The Morgan fingerprint density at radius 1 is 1.12 bits per heavy atom. The van der Waals surface area contributed by atoms with E-state index in [0.29, 0.717) is 5.56 Å². The van der Waals surface area contributed by atoms with Gasteiger partial charge in [0.1, 0.15) is 5.60 Å². The van der Waals surface area contributed by atoms with Crippen LogP contribution in [-0.2, 0) is 9.47 Å². The second kappa shape index (κ2) is 7.63. The first kappa shape index (κ1) is 19.6. The average molecular weight is 364 g/mol. The van der Waals surface area contributed by atoms with E-state index in [9.17, 15) is 19.5 Å². The summed E-state index contributed by atoms with van der Waals surface area (Å²) in [5.74, 6) is -0.462. The highest BCUT2D eigenvalue weighted by Gasteiger charge is 2.35. The van der Waals surface area contributed by atoms with E-state index in [4.69, 9.17) is 4.74 Å². The Bertz CT molecular complexity index is 680. The highest BCUT2D eigenvalue weighted by atomic mass is 16.6. The molecule has 1 atom stereocenters. The Hall–Kier alpha value is -2.77. The topological polar surface area (TPSA) is 96.4 Å². The SMILES string of the molecule is COC(=O)c1ccc(C2CN(C(=O)O)CCN2C(=O)OC(C)(C)C)cc1. The molecule has 26 heavy (non-hydrogen) atoms. The number of nitrogens with zero attached hydrogens (tertiary/aromatic N) is 2. The van der Waals surface area contributed by atoms with E-state index < -0.39 is 29.8 Å². The summed E-state index contributed by atoms with van der Waals surface area (Å²) in [6.45, 7) is 5.90. The van der Waals surface area contributed by atoms with Crippen molar-refractivity contribution in [2.24, 2.45) is 0 Å². The van der Waals surface area contributed by atoms with Gasteiger partial charge < -0.3 is 19.5 Å². The molecule has 1 fully saturated rings. The Balaban J connectivity index is 2.28. The molecule has 1 aromatic rings. The van der Waals surface area contributed by atoms with Gasteiger partial charge in [-0.05, 0) is 38.5 Å². The Morgan fingerprint density at radius 3 is 2.23 bits per heavy atom. The molecule has 2 amide bonds. The van der Waals surface area contributed by atoms with Crippen molar-refractivity contribution < 1.29 is 29.0 Å². The molecule has 1 N–H and O–H groups in total. The largest absolute Gasteiger partial charge is 0.465 e. The minimum Gasteiger partial charge on any atom is -0.465 e. The predicted molar refractivity (Wildman–Crippen MR) is 93.1 cm³/mol. The summed E-state index contributed by atoms with van der Waals surface area (Å²) in [6.07, 6.45) is -1.53. The van der Waals surface area contributed by atoms with Crippen LogP contribution in [0.1, 0.15) is 42.7 Å². The number of hydrogen-bond donors (Lipinski definition) is 1. The van der Waals surface area contributed by atoms with E-state index in [1.165, 1.54) is 16.9 Å². The summed E-state index contributed by atoms with van der Waals surface area (Å²) < 4.78 is 10.1. The van der Waals surface area contributed by atoms with Crippen LogP contribution >= 0.6 is 0 Å². The lowest BCUT2D eigenvalue weighted by atomic mass is 10.0. The van der Waals surface area contributed by atoms with Gasteiger partial charge in [0, 0.05) is 19.6 Å². The molecule has 2 rings (SSSR count). The van der Waals surface area contributed by atoms with Gasteiger partial charge in [-0.15, -0.1) is 0 Å². The molecule has 1 unspecified atom stereocenters. The number of hydrogen-bond acceptors (Lipinski definition) is 5. The lowest BCUT2D eigenvalue weighted by Crippen LogP contribution is -2.53. The van der Waals surface area contributed by atoms with Crippen molar-refractivity contribution in [3.05, 3.63) is 35.4 Å². The number of rotatable bonds is 2. The number of amides is 2. The molecule has 1 saturated heterocycles. The maximum absolute atomic E-state index is 12.6. The number of methoxy groups -OCH3 is 1. The van der Waals surface area contributed by atoms with Gasteiger partial charge in [0.05, 0.1) is 18.7 Å². The number of carbonyl (C=O) groups excluding carboxylic acids is 2. The molecule has 0 saturated carbocycles. The monoisotopic (exact) mass is 364 g/mol. The van der Waals surface area contributed by atoms with Gasteiger partial charge in [-0.1, -0.05) is 12.1 Å². The fourth-order valence-electron chi connectivity index (χ4n) is 2.74. The van der Waals surface area contributed by atoms with Crippen LogP contribution < -0.4 is 0 Å². The molecule has 8 nitrogen and oxygen atoms in total. The van der Waals surface area contributed by atoms with Gasteiger partial charge in [0.15, 0.2) is 0 Å². The maximum atomic E-state index is 12.6. The van der Waals surface area contributed by atoms with Crippen LogP contribution in [-0.4, -0.2) is 65.4 Å². The van der Waals surface area contributed by atoms with Gasteiger partial charge in [-0.3, -0.25) is 4.90 Å². The smallest absolute Gasteiger partial charge is 0.410 e. The van der Waals surface area contributed by atoms with Crippen molar-refractivity contribution in [2.75, 3.05) is 26.7 Å². The van der Waals surface area contributed by atoms with Crippen LogP contribution in [0.5, 0.6) is 0 Å². The molecular weight excluding hydrogens is 340 g/mol. The van der Waals surface area contributed by atoms with E-state index in [2.05, 4.69) is 4.74 Å². The summed E-state index contributed by atoms with van der Waals surface area (Å²) in [7, 11) is 1.30. The average Bonchev–Trinajstić information content (AvgIpc) is 2.59.